The monoisotopic (exact) mass is 329 g/mol. The number of nitrogens with one attached hydrogen (secondary N) is 2. The molecule has 0 spiro atoms. The summed E-state index contributed by atoms with van der Waals surface area (Å²) in [5.41, 5.74) is 3.14. The number of hydrogen-bond acceptors (Lipinski definition) is 4. The van der Waals surface area contributed by atoms with E-state index in [2.05, 4.69) is 15.8 Å². The zero-order valence-corrected chi connectivity index (χ0v) is 14.1. The Morgan fingerprint density at radius 1 is 1.13 bits per heavy atom. The van der Waals surface area contributed by atoms with Crippen LogP contribution in [0.3, 0.4) is 0 Å². The van der Waals surface area contributed by atoms with Crippen molar-refractivity contribution in [1.29, 1.82) is 0 Å². The molecule has 5 nitrogen and oxygen atoms in total. The number of thiophene rings is 1. The lowest BCUT2D eigenvalue weighted by molar-refractivity contribution is -0.123. The van der Waals surface area contributed by atoms with E-state index in [0.29, 0.717) is 11.3 Å². The van der Waals surface area contributed by atoms with Gasteiger partial charge in [-0.25, -0.2) is 5.43 Å². The number of nitrogens with zero attached hydrogens (tertiary/aromatic N) is 1. The molecule has 0 unspecified atom stereocenters. The maximum absolute atomic E-state index is 12.0. The molecular formula is C17H19N3O2S. The summed E-state index contributed by atoms with van der Waals surface area (Å²) < 4.78 is 0. The van der Waals surface area contributed by atoms with E-state index in [4.69, 9.17) is 0 Å². The summed E-state index contributed by atoms with van der Waals surface area (Å²) in [6.45, 7) is 5.53. The second-order valence-corrected chi connectivity index (χ2v) is 6.98. The smallest absolute Gasteiger partial charge is 0.271 e. The van der Waals surface area contributed by atoms with Gasteiger partial charge in [-0.2, -0.15) is 5.10 Å². The highest BCUT2D eigenvalue weighted by Gasteiger charge is 2.21. The first-order chi connectivity index (χ1) is 10.9. The minimum atomic E-state index is -0.466. The average molecular weight is 329 g/mol. The van der Waals surface area contributed by atoms with Crippen LogP contribution in [0.4, 0.5) is 5.69 Å². The average Bonchev–Trinajstić information content (AvgIpc) is 3.00. The Kier molecular flexibility index (Phi) is 5.28. The van der Waals surface area contributed by atoms with Crippen LogP contribution in [0.15, 0.2) is 46.9 Å². The van der Waals surface area contributed by atoms with E-state index in [9.17, 15) is 9.59 Å². The number of rotatable bonds is 4. The van der Waals surface area contributed by atoms with Gasteiger partial charge in [-0.1, -0.05) is 26.8 Å². The van der Waals surface area contributed by atoms with Crippen molar-refractivity contribution in [2.24, 2.45) is 10.5 Å². The third-order valence-corrected chi connectivity index (χ3v) is 3.79. The number of amides is 2. The standard InChI is InChI=1S/C17H19N3O2S/c1-17(2,3)16(22)19-13-8-6-12(7-9-13)15(21)20-18-11-14-5-4-10-23-14/h4-11H,1-3H3,(H,19,22)(H,20,21)/b18-11-. The first-order valence-corrected chi connectivity index (χ1v) is 8.02. The summed E-state index contributed by atoms with van der Waals surface area (Å²) in [6.07, 6.45) is 1.60. The second kappa shape index (κ2) is 7.19. The zero-order valence-electron chi connectivity index (χ0n) is 13.3. The number of hydrazone groups is 1. The maximum Gasteiger partial charge on any atom is 0.271 e. The summed E-state index contributed by atoms with van der Waals surface area (Å²) in [5.74, 6) is -0.373. The summed E-state index contributed by atoms with van der Waals surface area (Å²) in [4.78, 5) is 24.8. The number of anilines is 1. The van der Waals surface area contributed by atoms with E-state index in [0.717, 1.165) is 4.88 Å². The molecule has 1 aromatic heterocycles. The van der Waals surface area contributed by atoms with Gasteiger partial charge in [0.1, 0.15) is 0 Å². The fourth-order valence-electron chi connectivity index (χ4n) is 1.61. The molecule has 1 aromatic carbocycles. The van der Waals surface area contributed by atoms with Gasteiger partial charge in [-0.3, -0.25) is 9.59 Å². The zero-order chi connectivity index (χ0) is 16.9. The van der Waals surface area contributed by atoms with Crippen molar-refractivity contribution < 1.29 is 9.59 Å². The van der Waals surface area contributed by atoms with Crippen molar-refractivity contribution in [2.45, 2.75) is 20.8 Å². The SMILES string of the molecule is CC(C)(C)C(=O)Nc1ccc(C(=O)N/N=C\c2cccs2)cc1. The van der Waals surface area contributed by atoms with Crippen LogP contribution in [-0.4, -0.2) is 18.0 Å². The third kappa shape index (κ3) is 5.03. The minimum Gasteiger partial charge on any atom is -0.326 e. The molecule has 2 rings (SSSR count). The lowest BCUT2D eigenvalue weighted by Gasteiger charge is -2.17. The van der Waals surface area contributed by atoms with E-state index in [1.165, 1.54) is 11.3 Å². The predicted molar refractivity (Wildman–Crippen MR) is 93.9 cm³/mol. The molecule has 0 aliphatic rings. The second-order valence-electron chi connectivity index (χ2n) is 6.00. The molecule has 0 aliphatic heterocycles. The van der Waals surface area contributed by atoms with Crippen LogP contribution >= 0.6 is 11.3 Å². The fraction of sp³-hybridized carbons (Fsp3) is 0.235. The van der Waals surface area contributed by atoms with E-state index in [1.54, 1.807) is 30.5 Å². The molecule has 0 aliphatic carbocycles. The maximum atomic E-state index is 12.0. The molecule has 2 aromatic rings. The van der Waals surface area contributed by atoms with Gasteiger partial charge < -0.3 is 5.32 Å². The molecule has 0 bridgehead atoms. The largest absolute Gasteiger partial charge is 0.326 e. The summed E-state index contributed by atoms with van der Waals surface area (Å²) in [5, 5.41) is 8.66. The van der Waals surface area contributed by atoms with Crippen LogP contribution in [-0.2, 0) is 4.79 Å². The minimum absolute atomic E-state index is 0.0738. The van der Waals surface area contributed by atoms with Gasteiger partial charge in [0, 0.05) is 21.5 Å². The lowest BCUT2D eigenvalue weighted by atomic mass is 9.95. The fourth-order valence-corrected chi connectivity index (χ4v) is 2.19. The first-order valence-electron chi connectivity index (χ1n) is 7.15. The van der Waals surface area contributed by atoms with Gasteiger partial charge in [-0.05, 0) is 35.7 Å². The van der Waals surface area contributed by atoms with Crippen LogP contribution in [0.2, 0.25) is 0 Å². The van der Waals surface area contributed by atoms with Crippen molar-refractivity contribution >= 4 is 35.1 Å². The van der Waals surface area contributed by atoms with Crippen molar-refractivity contribution in [3.8, 4) is 0 Å². The third-order valence-electron chi connectivity index (χ3n) is 2.99. The quantitative estimate of drug-likeness (QED) is 0.666. The molecule has 2 N–H and O–H groups in total. The first kappa shape index (κ1) is 16.9. The molecule has 2 amide bonds. The molecular weight excluding hydrogens is 310 g/mol. The summed E-state index contributed by atoms with van der Waals surface area (Å²) in [7, 11) is 0. The van der Waals surface area contributed by atoms with E-state index in [1.807, 2.05) is 38.3 Å². The molecule has 0 saturated heterocycles. The highest BCUT2D eigenvalue weighted by atomic mass is 32.1. The number of carbonyl (C=O) groups excluding carboxylic acids is 2. The predicted octanol–water partition coefficient (Wildman–Crippen LogP) is 3.50. The molecule has 23 heavy (non-hydrogen) atoms. The van der Waals surface area contributed by atoms with Gasteiger partial charge in [0.05, 0.1) is 6.21 Å². The summed E-state index contributed by atoms with van der Waals surface area (Å²) in [6, 6.07) is 10.5. The molecule has 0 saturated carbocycles. The lowest BCUT2D eigenvalue weighted by Crippen LogP contribution is -2.27. The molecule has 6 heteroatoms. The van der Waals surface area contributed by atoms with Crippen molar-refractivity contribution in [3.63, 3.8) is 0 Å². The summed E-state index contributed by atoms with van der Waals surface area (Å²) >= 11 is 1.54. The Morgan fingerprint density at radius 3 is 2.39 bits per heavy atom. The Bertz CT molecular complexity index is 698. The molecule has 0 atom stereocenters. The van der Waals surface area contributed by atoms with E-state index in [-0.39, 0.29) is 11.8 Å². The van der Waals surface area contributed by atoms with E-state index < -0.39 is 5.41 Å². The van der Waals surface area contributed by atoms with Crippen molar-refractivity contribution in [2.75, 3.05) is 5.32 Å². The van der Waals surface area contributed by atoms with Gasteiger partial charge in [0.15, 0.2) is 0 Å². The number of carbonyl (C=O) groups is 2. The molecule has 1 heterocycles. The van der Waals surface area contributed by atoms with E-state index >= 15 is 0 Å². The molecule has 0 fully saturated rings. The Morgan fingerprint density at radius 2 is 1.83 bits per heavy atom. The van der Waals surface area contributed by atoms with Crippen LogP contribution in [0.5, 0.6) is 0 Å². The molecule has 120 valence electrons. The van der Waals surface area contributed by atoms with Crippen LogP contribution in [0.1, 0.15) is 36.0 Å². The Balaban J connectivity index is 1.93. The normalized spacial score (nSPS) is 11.4. The van der Waals surface area contributed by atoms with Crippen LogP contribution < -0.4 is 10.7 Å². The van der Waals surface area contributed by atoms with Crippen molar-refractivity contribution in [1.82, 2.24) is 5.43 Å². The van der Waals surface area contributed by atoms with Crippen LogP contribution in [0.25, 0.3) is 0 Å². The van der Waals surface area contributed by atoms with Crippen molar-refractivity contribution in [3.05, 3.63) is 52.2 Å². The molecule has 0 radical (unpaired) electrons. The highest BCUT2D eigenvalue weighted by Crippen LogP contribution is 2.17. The number of hydrogen-bond donors (Lipinski definition) is 2. The van der Waals surface area contributed by atoms with Gasteiger partial charge >= 0.3 is 0 Å². The topological polar surface area (TPSA) is 70.6 Å². The van der Waals surface area contributed by atoms with Gasteiger partial charge in [-0.15, -0.1) is 11.3 Å². The van der Waals surface area contributed by atoms with Crippen LogP contribution in [0, 0.1) is 5.41 Å². The van der Waals surface area contributed by atoms with Gasteiger partial charge in [0.25, 0.3) is 5.91 Å². The highest BCUT2D eigenvalue weighted by molar-refractivity contribution is 7.11. The number of benzene rings is 1. The Labute approximate surface area is 139 Å². The van der Waals surface area contributed by atoms with Gasteiger partial charge in [0.2, 0.25) is 5.91 Å². The Hall–Kier alpha value is -2.47.